The van der Waals surface area contributed by atoms with E-state index < -0.39 is 0 Å². The third kappa shape index (κ3) is 6.02. The molecule has 0 bridgehead atoms. The fraction of sp³-hybridized carbons (Fsp3) is 0.333. The Morgan fingerprint density at radius 3 is 2.26 bits per heavy atom. The lowest BCUT2D eigenvalue weighted by Gasteiger charge is -2.18. The van der Waals surface area contributed by atoms with Crippen LogP contribution in [0.2, 0.25) is 0 Å². The molecule has 144 valence electrons. The van der Waals surface area contributed by atoms with Crippen LogP contribution in [0.4, 0.5) is 5.69 Å². The zero-order chi connectivity index (χ0) is 19.8. The van der Waals surface area contributed by atoms with Crippen LogP contribution in [0.5, 0.6) is 11.5 Å². The number of carbonyl (C=O) groups is 2. The lowest BCUT2D eigenvalue weighted by molar-refractivity contribution is -0.135. The first-order chi connectivity index (χ1) is 12.9. The molecular formula is C21H26N2O4. The molecule has 2 rings (SSSR count). The molecule has 2 aromatic rings. The highest BCUT2D eigenvalue weighted by Gasteiger charge is 2.14. The van der Waals surface area contributed by atoms with Gasteiger partial charge in [-0.15, -0.1) is 0 Å². The maximum atomic E-state index is 12.2. The van der Waals surface area contributed by atoms with Crippen molar-refractivity contribution in [1.82, 2.24) is 4.90 Å². The van der Waals surface area contributed by atoms with Crippen LogP contribution in [0, 0.1) is 13.8 Å². The number of nitrogens with one attached hydrogen (secondary N) is 1. The molecule has 0 radical (unpaired) electrons. The van der Waals surface area contributed by atoms with Crippen molar-refractivity contribution in [1.29, 1.82) is 0 Å². The van der Waals surface area contributed by atoms with Gasteiger partial charge in [-0.05, 0) is 62.2 Å². The average Bonchev–Trinajstić information content (AvgIpc) is 2.64. The molecule has 27 heavy (non-hydrogen) atoms. The van der Waals surface area contributed by atoms with Gasteiger partial charge in [0, 0.05) is 12.7 Å². The number of amides is 2. The molecule has 6 nitrogen and oxygen atoms in total. The van der Waals surface area contributed by atoms with Crippen molar-refractivity contribution in [3.63, 3.8) is 0 Å². The lowest BCUT2D eigenvalue weighted by Crippen LogP contribution is -2.37. The summed E-state index contributed by atoms with van der Waals surface area (Å²) >= 11 is 0. The van der Waals surface area contributed by atoms with Crippen LogP contribution in [-0.2, 0) is 9.59 Å². The van der Waals surface area contributed by atoms with Gasteiger partial charge in [-0.2, -0.15) is 0 Å². The van der Waals surface area contributed by atoms with E-state index in [2.05, 4.69) is 5.32 Å². The van der Waals surface area contributed by atoms with Crippen molar-refractivity contribution in [2.24, 2.45) is 0 Å². The molecule has 0 atom stereocenters. The highest BCUT2D eigenvalue weighted by atomic mass is 16.5. The van der Waals surface area contributed by atoms with E-state index in [1.165, 1.54) is 4.90 Å². The van der Waals surface area contributed by atoms with Crippen LogP contribution >= 0.6 is 0 Å². The molecule has 0 fully saturated rings. The summed E-state index contributed by atoms with van der Waals surface area (Å²) in [5.74, 6) is 0.789. The van der Waals surface area contributed by atoms with Crippen LogP contribution in [0.25, 0.3) is 0 Å². The first-order valence-electron chi connectivity index (χ1n) is 8.86. The highest BCUT2D eigenvalue weighted by molar-refractivity contribution is 5.95. The van der Waals surface area contributed by atoms with E-state index >= 15 is 0 Å². The SMILES string of the molecule is CCOc1ccc(OCC(=O)N(C)CC(=O)Nc2cccc(C)c2C)cc1. The van der Waals surface area contributed by atoms with Gasteiger partial charge in [-0.1, -0.05) is 12.1 Å². The third-order valence-electron chi connectivity index (χ3n) is 4.18. The molecule has 0 aliphatic carbocycles. The molecule has 0 spiro atoms. The Bertz CT molecular complexity index is 787. The molecule has 0 saturated carbocycles. The number of aryl methyl sites for hydroxylation is 1. The van der Waals surface area contributed by atoms with Crippen molar-refractivity contribution in [3.05, 3.63) is 53.6 Å². The molecule has 2 aromatic carbocycles. The van der Waals surface area contributed by atoms with Gasteiger partial charge in [0.2, 0.25) is 5.91 Å². The number of ether oxygens (including phenoxy) is 2. The summed E-state index contributed by atoms with van der Waals surface area (Å²) in [6, 6.07) is 12.8. The van der Waals surface area contributed by atoms with Gasteiger partial charge in [0.05, 0.1) is 13.2 Å². The Balaban J connectivity index is 1.82. The second-order valence-corrected chi connectivity index (χ2v) is 6.24. The number of likely N-dealkylation sites (N-methyl/N-ethyl adjacent to an activating group) is 1. The second kappa shape index (κ2) is 9.62. The van der Waals surface area contributed by atoms with Crippen molar-refractivity contribution in [2.75, 3.05) is 32.1 Å². The molecule has 6 heteroatoms. The lowest BCUT2D eigenvalue weighted by atomic mass is 10.1. The normalized spacial score (nSPS) is 10.2. The summed E-state index contributed by atoms with van der Waals surface area (Å²) in [6.45, 7) is 6.26. The molecule has 2 amide bonds. The molecule has 0 saturated heterocycles. The van der Waals surface area contributed by atoms with Gasteiger partial charge in [0.15, 0.2) is 6.61 Å². The summed E-state index contributed by atoms with van der Waals surface area (Å²) in [4.78, 5) is 25.7. The summed E-state index contributed by atoms with van der Waals surface area (Å²) in [5, 5.41) is 2.84. The number of anilines is 1. The Morgan fingerprint density at radius 2 is 1.63 bits per heavy atom. The topological polar surface area (TPSA) is 67.9 Å². The number of benzene rings is 2. The van der Waals surface area contributed by atoms with Gasteiger partial charge < -0.3 is 19.7 Å². The summed E-state index contributed by atoms with van der Waals surface area (Å²) in [6.07, 6.45) is 0. The maximum Gasteiger partial charge on any atom is 0.260 e. The van der Waals surface area contributed by atoms with Gasteiger partial charge in [0.25, 0.3) is 5.91 Å². The van der Waals surface area contributed by atoms with Gasteiger partial charge in [-0.3, -0.25) is 9.59 Å². The first-order valence-corrected chi connectivity index (χ1v) is 8.86. The minimum absolute atomic E-state index is 0.0428. The van der Waals surface area contributed by atoms with Crippen LogP contribution in [-0.4, -0.2) is 43.5 Å². The summed E-state index contributed by atoms with van der Waals surface area (Å²) in [5.41, 5.74) is 2.87. The Kier molecular flexibility index (Phi) is 7.23. The third-order valence-corrected chi connectivity index (χ3v) is 4.18. The average molecular weight is 370 g/mol. The molecular weight excluding hydrogens is 344 g/mol. The molecule has 1 N–H and O–H groups in total. The largest absolute Gasteiger partial charge is 0.494 e. The van der Waals surface area contributed by atoms with E-state index in [4.69, 9.17) is 9.47 Å². The fourth-order valence-corrected chi connectivity index (χ4v) is 2.43. The van der Waals surface area contributed by atoms with Crippen molar-refractivity contribution in [2.45, 2.75) is 20.8 Å². The Labute approximate surface area is 160 Å². The molecule has 0 aliphatic heterocycles. The smallest absolute Gasteiger partial charge is 0.260 e. The number of rotatable bonds is 8. The Hall–Kier alpha value is -3.02. The van der Waals surface area contributed by atoms with Crippen LogP contribution < -0.4 is 14.8 Å². The number of hydrogen-bond donors (Lipinski definition) is 1. The Morgan fingerprint density at radius 1 is 1.00 bits per heavy atom. The van der Waals surface area contributed by atoms with Crippen molar-refractivity contribution >= 4 is 17.5 Å². The van der Waals surface area contributed by atoms with E-state index in [1.54, 1.807) is 31.3 Å². The zero-order valence-electron chi connectivity index (χ0n) is 16.2. The number of nitrogens with zero attached hydrogens (tertiary/aromatic N) is 1. The fourth-order valence-electron chi connectivity index (χ4n) is 2.43. The maximum absolute atomic E-state index is 12.2. The zero-order valence-corrected chi connectivity index (χ0v) is 16.2. The predicted molar refractivity (Wildman–Crippen MR) is 105 cm³/mol. The van der Waals surface area contributed by atoms with E-state index in [0.29, 0.717) is 12.4 Å². The molecule has 0 aromatic heterocycles. The van der Waals surface area contributed by atoms with E-state index in [1.807, 2.05) is 39.0 Å². The van der Waals surface area contributed by atoms with Crippen LogP contribution in [0.3, 0.4) is 0 Å². The minimum atomic E-state index is -0.278. The van der Waals surface area contributed by atoms with E-state index in [0.717, 1.165) is 22.6 Å². The van der Waals surface area contributed by atoms with E-state index in [9.17, 15) is 9.59 Å². The number of hydrogen-bond acceptors (Lipinski definition) is 4. The number of carbonyl (C=O) groups excluding carboxylic acids is 2. The predicted octanol–water partition coefficient (Wildman–Crippen LogP) is 3.18. The minimum Gasteiger partial charge on any atom is -0.494 e. The summed E-state index contributed by atoms with van der Waals surface area (Å²) in [7, 11) is 1.58. The van der Waals surface area contributed by atoms with Gasteiger partial charge in [-0.25, -0.2) is 0 Å². The summed E-state index contributed by atoms with van der Waals surface area (Å²) < 4.78 is 10.8. The second-order valence-electron chi connectivity index (χ2n) is 6.24. The van der Waals surface area contributed by atoms with Crippen molar-refractivity contribution in [3.8, 4) is 11.5 Å². The van der Waals surface area contributed by atoms with Gasteiger partial charge >= 0.3 is 0 Å². The molecule has 0 heterocycles. The standard InChI is InChI=1S/C21H26N2O4/c1-5-26-17-9-11-18(12-10-17)27-14-21(25)23(4)13-20(24)22-19-8-6-7-15(2)16(19)3/h6-12H,5,13-14H2,1-4H3,(H,22,24). The highest BCUT2D eigenvalue weighted by Crippen LogP contribution is 2.18. The van der Waals surface area contributed by atoms with E-state index in [-0.39, 0.29) is 25.0 Å². The van der Waals surface area contributed by atoms with Crippen LogP contribution in [0.15, 0.2) is 42.5 Å². The molecule has 0 unspecified atom stereocenters. The monoisotopic (exact) mass is 370 g/mol. The van der Waals surface area contributed by atoms with Crippen molar-refractivity contribution < 1.29 is 19.1 Å². The molecule has 0 aliphatic rings. The van der Waals surface area contributed by atoms with Gasteiger partial charge in [0.1, 0.15) is 11.5 Å². The quantitative estimate of drug-likeness (QED) is 0.775. The first kappa shape index (κ1) is 20.3. The van der Waals surface area contributed by atoms with Crippen LogP contribution in [0.1, 0.15) is 18.1 Å².